The smallest absolute Gasteiger partial charge is 0.411 e. The van der Waals surface area contributed by atoms with Crippen molar-refractivity contribution in [3.8, 4) is 28.3 Å². The first-order valence-electron chi connectivity index (χ1n) is 11.9. The second kappa shape index (κ2) is 10.0. The van der Waals surface area contributed by atoms with Gasteiger partial charge in [0.15, 0.2) is 5.15 Å². The zero-order valence-corrected chi connectivity index (χ0v) is 22.9. The second-order valence-corrected chi connectivity index (χ2v) is 10.2. The highest BCUT2D eigenvalue weighted by Gasteiger charge is 2.30. The normalized spacial score (nSPS) is 14.3. The third-order valence-corrected chi connectivity index (χ3v) is 7.27. The fraction of sp³-hybridized carbons (Fsp3) is 0.160. The number of H-pyrrole nitrogens is 1. The number of fused-ring (bicyclic) bond motifs is 1. The van der Waals surface area contributed by atoms with E-state index in [0.717, 1.165) is 4.90 Å². The van der Waals surface area contributed by atoms with E-state index in [4.69, 9.17) is 44.9 Å². The Labute approximate surface area is 240 Å². The number of hydrogen-bond donors (Lipinski definition) is 2. The molecule has 1 aliphatic rings. The zero-order valence-electron chi connectivity index (χ0n) is 20.6. The van der Waals surface area contributed by atoms with E-state index < -0.39 is 12.1 Å². The number of pyridine rings is 1. The summed E-state index contributed by atoms with van der Waals surface area (Å²) < 4.78 is 3.09. The van der Waals surface area contributed by atoms with Crippen molar-refractivity contribution < 1.29 is 9.90 Å². The highest BCUT2D eigenvalue weighted by atomic mass is 35.5. The summed E-state index contributed by atoms with van der Waals surface area (Å²) in [6, 6.07) is 9.44. The molecule has 0 saturated heterocycles. The Morgan fingerprint density at radius 1 is 1.12 bits per heavy atom. The number of nitrogens with zero attached hydrogens (tertiary/aromatic N) is 8. The fourth-order valence-corrected chi connectivity index (χ4v) is 5.18. The summed E-state index contributed by atoms with van der Waals surface area (Å²) in [7, 11) is 1.42. The lowest BCUT2D eigenvalue weighted by Gasteiger charge is -2.14. The fourth-order valence-electron chi connectivity index (χ4n) is 4.65. The van der Waals surface area contributed by atoms with Crippen LogP contribution < -0.4 is 10.5 Å². The van der Waals surface area contributed by atoms with Crippen molar-refractivity contribution in [1.29, 1.82) is 0 Å². The highest BCUT2D eigenvalue weighted by Crippen LogP contribution is 2.34. The maximum absolute atomic E-state index is 13.4. The van der Waals surface area contributed by atoms with Crippen LogP contribution >= 0.6 is 34.8 Å². The van der Waals surface area contributed by atoms with Crippen LogP contribution in [0, 0.1) is 0 Å². The molecule has 0 aliphatic carbocycles. The van der Waals surface area contributed by atoms with Gasteiger partial charge < -0.3 is 10.1 Å². The minimum absolute atomic E-state index is 0.223. The summed E-state index contributed by atoms with van der Waals surface area (Å²) in [5, 5.41) is 18.0. The molecule has 6 rings (SSSR count). The first kappa shape index (κ1) is 26.0. The number of halogens is 3. The molecule has 4 aromatic heterocycles. The van der Waals surface area contributed by atoms with Gasteiger partial charge in [0.05, 0.1) is 41.2 Å². The second-order valence-electron chi connectivity index (χ2n) is 9.00. The first-order valence-corrected chi connectivity index (χ1v) is 13.0. The number of aromatic amines is 1. The monoisotopic (exact) mass is 597 g/mol. The van der Waals surface area contributed by atoms with Gasteiger partial charge in [-0.2, -0.15) is 0 Å². The van der Waals surface area contributed by atoms with Crippen LogP contribution in [0.25, 0.3) is 28.3 Å². The van der Waals surface area contributed by atoms with Gasteiger partial charge >= 0.3 is 6.09 Å². The number of carboxylic acid groups (broad SMARTS) is 1. The van der Waals surface area contributed by atoms with E-state index in [1.54, 1.807) is 41.1 Å². The van der Waals surface area contributed by atoms with Crippen LogP contribution in [0.5, 0.6) is 0 Å². The van der Waals surface area contributed by atoms with E-state index in [1.165, 1.54) is 24.0 Å². The summed E-state index contributed by atoms with van der Waals surface area (Å²) in [5.41, 5.74) is 2.64. The molecule has 202 valence electrons. The summed E-state index contributed by atoms with van der Waals surface area (Å²) >= 11 is 18.7. The number of amides is 1. The molecule has 1 aliphatic heterocycles. The Morgan fingerprint density at radius 2 is 1.95 bits per heavy atom. The Hall–Kier alpha value is -4.26. The Bertz CT molecular complexity index is 1830. The van der Waals surface area contributed by atoms with Crippen molar-refractivity contribution in [2.75, 3.05) is 11.9 Å². The van der Waals surface area contributed by atoms with Crippen LogP contribution in [-0.4, -0.2) is 57.7 Å². The van der Waals surface area contributed by atoms with Gasteiger partial charge in [-0.05, 0) is 36.8 Å². The molecule has 1 amide bonds. The molecule has 1 aromatic carbocycles. The van der Waals surface area contributed by atoms with Crippen molar-refractivity contribution in [2.24, 2.45) is 0 Å². The molecule has 12 nitrogen and oxygen atoms in total. The number of anilines is 1. The summed E-state index contributed by atoms with van der Waals surface area (Å²) in [5.74, 6) is 1.08. The molecule has 0 bridgehead atoms. The topological polar surface area (TPSA) is 148 Å². The molecule has 1 atom stereocenters. The molecule has 0 spiro atoms. The van der Waals surface area contributed by atoms with Gasteiger partial charge in [0.25, 0.3) is 5.56 Å². The summed E-state index contributed by atoms with van der Waals surface area (Å²) in [4.78, 5) is 42.5. The van der Waals surface area contributed by atoms with Gasteiger partial charge in [-0.15, -0.1) is 5.10 Å². The molecule has 0 unspecified atom stereocenters. The number of aryl methyl sites for hydroxylation is 1. The maximum Gasteiger partial charge on any atom is 0.411 e. The summed E-state index contributed by atoms with van der Waals surface area (Å²) in [6.45, 7) is 0. The van der Waals surface area contributed by atoms with Crippen molar-refractivity contribution in [2.45, 2.75) is 18.9 Å². The van der Waals surface area contributed by atoms with E-state index in [0.29, 0.717) is 63.5 Å². The Balaban J connectivity index is 1.35. The van der Waals surface area contributed by atoms with E-state index in [2.05, 4.69) is 25.3 Å². The van der Waals surface area contributed by atoms with Crippen LogP contribution in [0.4, 0.5) is 10.5 Å². The number of imidazole rings is 1. The third kappa shape index (κ3) is 4.59. The van der Waals surface area contributed by atoms with Gasteiger partial charge in [-0.1, -0.05) is 40.0 Å². The van der Waals surface area contributed by atoms with Crippen molar-refractivity contribution in [3.63, 3.8) is 0 Å². The van der Waals surface area contributed by atoms with Gasteiger partial charge in [0.2, 0.25) is 0 Å². The van der Waals surface area contributed by atoms with E-state index in [1.807, 2.05) is 0 Å². The van der Waals surface area contributed by atoms with Crippen LogP contribution in [0.15, 0.2) is 53.6 Å². The van der Waals surface area contributed by atoms with Gasteiger partial charge in [-0.25, -0.2) is 19.4 Å². The number of carbonyl (C=O) groups is 1. The lowest BCUT2D eigenvalue weighted by molar-refractivity contribution is 0.203. The Morgan fingerprint density at radius 3 is 2.65 bits per heavy atom. The van der Waals surface area contributed by atoms with E-state index in [9.17, 15) is 9.59 Å². The van der Waals surface area contributed by atoms with E-state index >= 15 is 0 Å². The van der Waals surface area contributed by atoms with Gasteiger partial charge in [0.1, 0.15) is 22.5 Å². The van der Waals surface area contributed by atoms with E-state index in [-0.39, 0.29) is 15.9 Å². The maximum atomic E-state index is 13.4. The number of benzene rings is 1. The van der Waals surface area contributed by atoms with Crippen LogP contribution in [0.3, 0.4) is 0 Å². The molecule has 0 radical (unpaired) electrons. The quantitative estimate of drug-likeness (QED) is 0.291. The molecule has 2 N–H and O–H groups in total. The average molecular weight is 599 g/mol. The molecule has 15 heteroatoms. The first-order chi connectivity index (χ1) is 19.2. The van der Waals surface area contributed by atoms with Crippen molar-refractivity contribution in [3.05, 3.63) is 86.1 Å². The minimum Gasteiger partial charge on any atom is -0.465 e. The molecule has 0 fully saturated rings. The predicted molar refractivity (Wildman–Crippen MR) is 149 cm³/mol. The van der Waals surface area contributed by atoms with Gasteiger partial charge in [-0.3, -0.25) is 19.2 Å². The highest BCUT2D eigenvalue weighted by molar-refractivity contribution is 6.32. The average Bonchev–Trinajstić information content (AvgIpc) is 3.66. The molecular formula is C25H18Cl3N9O3. The molecule has 40 heavy (non-hydrogen) atoms. The summed E-state index contributed by atoms with van der Waals surface area (Å²) in [6.07, 6.45) is 2.97. The number of hydrogen-bond acceptors (Lipinski definition) is 7. The minimum atomic E-state index is -1.11. The van der Waals surface area contributed by atoms with Crippen LogP contribution in [0.2, 0.25) is 15.3 Å². The largest absolute Gasteiger partial charge is 0.465 e. The number of nitrogens with one attached hydrogen (secondary N) is 1. The van der Waals surface area contributed by atoms with Gasteiger partial charge in [0, 0.05) is 30.1 Å². The zero-order chi connectivity index (χ0) is 28.1. The van der Waals surface area contributed by atoms with Crippen LogP contribution in [0.1, 0.15) is 24.1 Å². The molecule has 5 heterocycles. The molecular weight excluding hydrogens is 581 g/mol. The van der Waals surface area contributed by atoms with Crippen molar-refractivity contribution >= 4 is 46.6 Å². The molecule has 5 aromatic rings. The SMILES string of the molecule is CN(C(=O)O)c1ccc(-c2nc([C@@H]3CCc4nc(-c5cc(Cl)ccc5-n5cc(Cl)nn5)cc(=O)n43)[nH]c2Cl)nc1. The number of rotatable bonds is 5. The predicted octanol–water partition coefficient (Wildman–Crippen LogP) is 4.89. The lowest BCUT2D eigenvalue weighted by Crippen LogP contribution is -2.25. The van der Waals surface area contributed by atoms with Crippen molar-refractivity contribution in [1.82, 2.24) is 39.5 Å². The molecule has 0 saturated carbocycles. The standard InChI is InChI=1S/C25H18Cl3N9O3/c1-35(25(39)40)13-3-4-15(29-10-13)22-23(28)32-24(31-22)18-6-7-20-30-16(9-21(38)37(18)20)14-8-12(26)2-5-17(14)36-11-19(27)33-34-36/h2-5,8-11,18H,6-7H2,1H3,(H,31,32)(H,39,40)/t18-/m0/s1. The third-order valence-electron chi connectivity index (χ3n) is 6.58. The van der Waals surface area contributed by atoms with Crippen LogP contribution in [-0.2, 0) is 6.42 Å². The number of aromatic nitrogens is 8. The Kier molecular flexibility index (Phi) is 6.53. The lowest BCUT2D eigenvalue weighted by atomic mass is 10.1.